The fourth-order valence-electron chi connectivity index (χ4n) is 1.58. The number of carbonyl (C=O) groups excluding carboxylic acids is 2. The summed E-state index contributed by atoms with van der Waals surface area (Å²) in [6.45, 7) is 0. The first-order valence-electron chi connectivity index (χ1n) is 5.77. The molecule has 0 spiro atoms. The molecule has 7 heteroatoms. The van der Waals surface area contributed by atoms with Gasteiger partial charge in [-0.05, 0) is 30.3 Å². The number of carbonyl (C=O) groups is 2. The van der Waals surface area contributed by atoms with Crippen LogP contribution in [0.4, 0.5) is 25.0 Å². The summed E-state index contributed by atoms with van der Waals surface area (Å²) in [6.07, 6.45) is 0.583. The third-order valence-electron chi connectivity index (χ3n) is 2.56. The standard InChI is InChI=1S/C14H9ClF2N2O2/c15-11-6-10(3-1-8(11)7-20)18-14(21)19-13-4-2-9(16)5-12(13)17/h1-7H,(H2,18,19,21). The summed E-state index contributed by atoms with van der Waals surface area (Å²) in [5.74, 6) is -1.63. The molecule has 2 aromatic carbocycles. The Morgan fingerprint density at radius 1 is 1.10 bits per heavy atom. The Hall–Kier alpha value is -2.47. The maximum Gasteiger partial charge on any atom is 0.323 e. The summed E-state index contributed by atoms with van der Waals surface area (Å²) >= 11 is 5.81. The molecule has 0 aromatic heterocycles. The molecule has 0 heterocycles. The van der Waals surface area contributed by atoms with Gasteiger partial charge in [-0.1, -0.05) is 11.6 Å². The first-order valence-corrected chi connectivity index (χ1v) is 6.15. The number of halogens is 3. The average Bonchev–Trinajstić information content (AvgIpc) is 2.42. The second kappa shape index (κ2) is 6.32. The molecular formula is C14H9ClF2N2O2. The van der Waals surface area contributed by atoms with Crippen molar-refractivity contribution in [3.63, 3.8) is 0 Å². The lowest BCUT2D eigenvalue weighted by Gasteiger charge is -2.09. The summed E-state index contributed by atoms with van der Waals surface area (Å²) in [5, 5.41) is 4.82. The molecule has 0 radical (unpaired) electrons. The SMILES string of the molecule is O=Cc1ccc(NC(=O)Nc2ccc(F)cc2F)cc1Cl. The van der Waals surface area contributed by atoms with Gasteiger partial charge >= 0.3 is 6.03 Å². The van der Waals surface area contributed by atoms with Gasteiger partial charge in [0.25, 0.3) is 0 Å². The highest BCUT2D eigenvalue weighted by atomic mass is 35.5. The minimum Gasteiger partial charge on any atom is -0.308 e. The number of benzene rings is 2. The van der Waals surface area contributed by atoms with E-state index in [-0.39, 0.29) is 16.3 Å². The second-order valence-corrected chi connectivity index (χ2v) is 4.46. The molecule has 0 bridgehead atoms. The van der Waals surface area contributed by atoms with E-state index in [4.69, 9.17) is 11.6 Å². The number of nitrogens with one attached hydrogen (secondary N) is 2. The summed E-state index contributed by atoms with van der Waals surface area (Å²) in [7, 11) is 0. The molecule has 2 rings (SSSR count). The fraction of sp³-hybridized carbons (Fsp3) is 0. The molecule has 2 amide bonds. The minimum atomic E-state index is -0.889. The van der Waals surface area contributed by atoms with Gasteiger partial charge in [-0.25, -0.2) is 13.6 Å². The predicted molar refractivity (Wildman–Crippen MR) is 75.8 cm³/mol. The molecule has 0 fully saturated rings. The molecule has 0 saturated heterocycles. The topological polar surface area (TPSA) is 58.2 Å². The smallest absolute Gasteiger partial charge is 0.308 e. The zero-order valence-corrected chi connectivity index (χ0v) is 11.2. The summed E-state index contributed by atoms with van der Waals surface area (Å²) in [6, 6.07) is 6.34. The zero-order chi connectivity index (χ0) is 15.4. The summed E-state index contributed by atoms with van der Waals surface area (Å²) in [4.78, 5) is 22.3. The van der Waals surface area contributed by atoms with Crippen molar-refractivity contribution in [3.8, 4) is 0 Å². The molecule has 0 aliphatic carbocycles. The molecule has 4 nitrogen and oxygen atoms in total. The van der Waals surface area contributed by atoms with Crippen LogP contribution in [0.1, 0.15) is 10.4 Å². The number of aldehydes is 1. The Bertz CT molecular complexity index is 707. The van der Waals surface area contributed by atoms with E-state index in [2.05, 4.69) is 10.6 Å². The van der Waals surface area contributed by atoms with Crippen LogP contribution in [-0.2, 0) is 0 Å². The fourth-order valence-corrected chi connectivity index (χ4v) is 1.80. The van der Waals surface area contributed by atoms with Gasteiger partial charge in [0.1, 0.15) is 11.6 Å². The highest BCUT2D eigenvalue weighted by Gasteiger charge is 2.09. The Morgan fingerprint density at radius 2 is 1.86 bits per heavy atom. The first kappa shape index (κ1) is 14.9. The van der Waals surface area contributed by atoms with E-state index >= 15 is 0 Å². The van der Waals surface area contributed by atoms with Crippen molar-refractivity contribution in [2.75, 3.05) is 10.6 Å². The van der Waals surface area contributed by atoms with Gasteiger partial charge in [-0.2, -0.15) is 0 Å². The van der Waals surface area contributed by atoms with Crippen LogP contribution in [0.2, 0.25) is 5.02 Å². The summed E-state index contributed by atoms with van der Waals surface area (Å²) < 4.78 is 26.1. The molecule has 0 aliphatic heterocycles. The predicted octanol–water partition coefficient (Wildman–Crippen LogP) is 4.07. The van der Waals surface area contributed by atoms with E-state index in [1.165, 1.54) is 18.2 Å². The maximum absolute atomic E-state index is 13.4. The zero-order valence-electron chi connectivity index (χ0n) is 10.5. The normalized spacial score (nSPS) is 10.0. The molecule has 0 unspecified atom stereocenters. The van der Waals surface area contributed by atoms with E-state index in [0.29, 0.717) is 18.0 Å². The van der Waals surface area contributed by atoms with Crippen molar-refractivity contribution in [2.24, 2.45) is 0 Å². The Balaban J connectivity index is 2.08. The lowest BCUT2D eigenvalue weighted by atomic mass is 10.2. The second-order valence-electron chi connectivity index (χ2n) is 4.06. The largest absolute Gasteiger partial charge is 0.323 e. The van der Waals surface area contributed by atoms with Gasteiger partial charge in [0.05, 0.1) is 10.7 Å². The van der Waals surface area contributed by atoms with Gasteiger partial charge in [-0.3, -0.25) is 4.79 Å². The van der Waals surface area contributed by atoms with E-state index in [0.717, 1.165) is 12.1 Å². The van der Waals surface area contributed by atoms with E-state index < -0.39 is 17.7 Å². The highest BCUT2D eigenvalue weighted by molar-refractivity contribution is 6.33. The van der Waals surface area contributed by atoms with Gasteiger partial charge < -0.3 is 10.6 Å². The number of hydrogen-bond acceptors (Lipinski definition) is 2. The van der Waals surface area contributed by atoms with Crippen molar-refractivity contribution < 1.29 is 18.4 Å². The van der Waals surface area contributed by atoms with Crippen LogP contribution in [0.5, 0.6) is 0 Å². The van der Waals surface area contributed by atoms with Gasteiger partial charge in [0, 0.05) is 17.3 Å². The van der Waals surface area contributed by atoms with Crippen molar-refractivity contribution in [2.45, 2.75) is 0 Å². The molecule has 2 N–H and O–H groups in total. The maximum atomic E-state index is 13.4. The van der Waals surface area contributed by atoms with Crippen LogP contribution in [0, 0.1) is 11.6 Å². The van der Waals surface area contributed by atoms with Crippen molar-refractivity contribution in [1.29, 1.82) is 0 Å². The van der Waals surface area contributed by atoms with Gasteiger partial charge in [0.15, 0.2) is 6.29 Å². The van der Waals surface area contributed by atoms with Crippen LogP contribution < -0.4 is 10.6 Å². The molecular weight excluding hydrogens is 302 g/mol. The Morgan fingerprint density at radius 3 is 2.48 bits per heavy atom. The van der Waals surface area contributed by atoms with Crippen LogP contribution in [0.15, 0.2) is 36.4 Å². The lowest BCUT2D eigenvalue weighted by Crippen LogP contribution is -2.20. The number of amides is 2. The quantitative estimate of drug-likeness (QED) is 0.839. The first-order chi connectivity index (χ1) is 9.99. The number of anilines is 2. The third kappa shape index (κ3) is 3.76. The van der Waals surface area contributed by atoms with Crippen LogP contribution >= 0.6 is 11.6 Å². The van der Waals surface area contributed by atoms with E-state index in [9.17, 15) is 18.4 Å². The van der Waals surface area contributed by atoms with E-state index in [1.54, 1.807) is 0 Å². The Kier molecular flexibility index (Phi) is 4.49. The molecule has 21 heavy (non-hydrogen) atoms. The summed E-state index contributed by atoms with van der Waals surface area (Å²) in [5.41, 5.74) is 0.447. The van der Waals surface area contributed by atoms with Crippen LogP contribution in [0.3, 0.4) is 0 Å². The molecule has 0 atom stereocenters. The number of urea groups is 1. The van der Waals surface area contributed by atoms with Crippen LogP contribution in [0.25, 0.3) is 0 Å². The molecule has 0 saturated carbocycles. The van der Waals surface area contributed by atoms with E-state index in [1.807, 2.05) is 0 Å². The number of hydrogen-bond donors (Lipinski definition) is 2. The monoisotopic (exact) mass is 310 g/mol. The van der Waals surface area contributed by atoms with Crippen LogP contribution in [-0.4, -0.2) is 12.3 Å². The van der Waals surface area contributed by atoms with Gasteiger partial charge in [-0.15, -0.1) is 0 Å². The van der Waals surface area contributed by atoms with Crippen molar-refractivity contribution in [3.05, 3.63) is 58.6 Å². The third-order valence-corrected chi connectivity index (χ3v) is 2.89. The minimum absolute atomic E-state index is 0.162. The lowest BCUT2D eigenvalue weighted by molar-refractivity contribution is 0.112. The average molecular weight is 311 g/mol. The van der Waals surface area contributed by atoms with Crippen molar-refractivity contribution >= 4 is 35.3 Å². The molecule has 0 aliphatic rings. The Labute approximate surface area is 123 Å². The molecule has 2 aromatic rings. The van der Waals surface area contributed by atoms with Gasteiger partial charge in [0.2, 0.25) is 0 Å². The van der Waals surface area contributed by atoms with Crippen molar-refractivity contribution in [1.82, 2.24) is 0 Å². The highest BCUT2D eigenvalue weighted by Crippen LogP contribution is 2.20. The molecule has 108 valence electrons. The number of rotatable bonds is 3.